The molecule has 0 aliphatic carbocycles. The standard InChI is InChI=1S/C22H21ClN2O3S/c1-15-8-11-19(12-9-15)29(27,28)25-18-10-13-21(23)20(14-18)22(26)24-16(2)17-6-4-3-5-7-17/h3-14,16,25H,1-2H3,(H,24,26)/t16-/m0/s1. The minimum atomic E-state index is -3.78. The van der Waals surface area contributed by atoms with E-state index in [0.717, 1.165) is 11.1 Å². The highest BCUT2D eigenvalue weighted by molar-refractivity contribution is 7.92. The number of amides is 1. The maximum absolute atomic E-state index is 12.7. The van der Waals surface area contributed by atoms with E-state index in [-0.39, 0.29) is 33.1 Å². The number of carbonyl (C=O) groups is 1. The second kappa shape index (κ2) is 8.68. The molecule has 1 atom stereocenters. The van der Waals surface area contributed by atoms with Gasteiger partial charge in [0.15, 0.2) is 0 Å². The van der Waals surface area contributed by atoms with Crippen LogP contribution < -0.4 is 10.0 Å². The van der Waals surface area contributed by atoms with Gasteiger partial charge in [-0.1, -0.05) is 59.6 Å². The number of carbonyl (C=O) groups excluding carboxylic acids is 1. The van der Waals surface area contributed by atoms with Gasteiger partial charge in [-0.2, -0.15) is 0 Å². The summed E-state index contributed by atoms with van der Waals surface area (Å²) < 4.78 is 27.7. The summed E-state index contributed by atoms with van der Waals surface area (Å²) in [6.07, 6.45) is 0. The number of anilines is 1. The first-order valence-electron chi connectivity index (χ1n) is 9.01. The molecule has 2 N–H and O–H groups in total. The first kappa shape index (κ1) is 20.9. The molecule has 0 aromatic heterocycles. The van der Waals surface area contributed by atoms with Gasteiger partial charge in [-0.3, -0.25) is 9.52 Å². The molecule has 150 valence electrons. The molecule has 3 aromatic rings. The molecule has 0 heterocycles. The van der Waals surface area contributed by atoms with Crippen LogP contribution in [0.1, 0.15) is 34.5 Å². The molecule has 0 aliphatic heterocycles. The van der Waals surface area contributed by atoms with Gasteiger partial charge in [-0.15, -0.1) is 0 Å². The average molecular weight is 429 g/mol. The van der Waals surface area contributed by atoms with E-state index in [1.54, 1.807) is 12.1 Å². The topological polar surface area (TPSA) is 75.3 Å². The van der Waals surface area contributed by atoms with Gasteiger partial charge in [-0.05, 0) is 49.7 Å². The van der Waals surface area contributed by atoms with Crippen molar-refractivity contribution in [2.24, 2.45) is 0 Å². The maximum atomic E-state index is 12.7. The number of hydrogen-bond donors (Lipinski definition) is 2. The lowest BCUT2D eigenvalue weighted by atomic mass is 10.1. The number of benzene rings is 3. The summed E-state index contributed by atoms with van der Waals surface area (Å²) in [5.74, 6) is -0.386. The molecule has 0 radical (unpaired) electrons. The summed E-state index contributed by atoms with van der Waals surface area (Å²) in [7, 11) is -3.78. The van der Waals surface area contributed by atoms with Crippen molar-refractivity contribution >= 4 is 33.2 Å². The average Bonchev–Trinajstić information content (AvgIpc) is 2.70. The van der Waals surface area contributed by atoms with Crippen molar-refractivity contribution in [1.29, 1.82) is 0 Å². The van der Waals surface area contributed by atoms with Crippen LogP contribution in [0.25, 0.3) is 0 Å². The van der Waals surface area contributed by atoms with E-state index in [9.17, 15) is 13.2 Å². The molecule has 0 aliphatic rings. The molecule has 5 nitrogen and oxygen atoms in total. The Balaban J connectivity index is 1.80. The zero-order valence-electron chi connectivity index (χ0n) is 16.0. The molecule has 7 heteroatoms. The van der Waals surface area contributed by atoms with Crippen molar-refractivity contribution in [2.45, 2.75) is 24.8 Å². The third-order valence-electron chi connectivity index (χ3n) is 4.44. The highest BCUT2D eigenvalue weighted by atomic mass is 35.5. The Morgan fingerprint density at radius 1 is 0.966 bits per heavy atom. The predicted octanol–water partition coefficient (Wildman–Crippen LogP) is 4.94. The van der Waals surface area contributed by atoms with Crippen molar-refractivity contribution in [3.63, 3.8) is 0 Å². The lowest BCUT2D eigenvalue weighted by molar-refractivity contribution is 0.0940. The van der Waals surface area contributed by atoms with Gasteiger partial charge < -0.3 is 5.32 Å². The van der Waals surface area contributed by atoms with Crippen LogP contribution in [0.5, 0.6) is 0 Å². The Morgan fingerprint density at radius 2 is 1.62 bits per heavy atom. The van der Waals surface area contributed by atoms with E-state index in [4.69, 9.17) is 11.6 Å². The number of rotatable bonds is 6. The van der Waals surface area contributed by atoms with Gasteiger partial charge in [0.1, 0.15) is 0 Å². The Bertz CT molecular complexity index is 1110. The van der Waals surface area contributed by atoms with E-state index in [1.807, 2.05) is 44.2 Å². The van der Waals surface area contributed by atoms with Crippen LogP contribution in [0.3, 0.4) is 0 Å². The molecule has 0 saturated carbocycles. The Hall–Kier alpha value is -2.83. The van der Waals surface area contributed by atoms with Crippen molar-refractivity contribution in [2.75, 3.05) is 4.72 Å². The van der Waals surface area contributed by atoms with E-state index in [1.165, 1.54) is 30.3 Å². The Morgan fingerprint density at radius 3 is 2.28 bits per heavy atom. The van der Waals surface area contributed by atoms with E-state index >= 15 is 0 Å². The molecular weight excluding hydrogens is 408 g/mol. The third-order valence-corrected chi connectivity index (χ3v) is 6.17. The third kappa shape index (κ3) is 5.16. The van der Waals surface area contributed by atoms with Gasteiger partial charge >= 0.3 is 0 Å². The minimum Gasteiger partial charge on any atom is -0.345 e. The Kier molecular flexibility index (Phi) is 6.25. The van der Waals surface area contributed by atoms with Crippen molar-refractivity contribution in [1.82, 2.24) is 5.32 Å². The number of nitrogens with one attached hydrogen (secondary N) is 2. The summed E-state index contributed by atoms with van der Waals surface area (Å²) >= 11 is 6.19. The molecule has 3 rings (SSSR count). The fraction of sp³-hybridized carbons (Fsp3) is 0.136. The first-order valence-corrected chi connectivity index (χ1v) is 10.9. The number of sulfonamides is 1. The van der Waals surface area contributed by atoms with Crippen molar-refractivity contribution in [3.05, 3.63) is 94.5 Å². The molecule has 1 amide bonds. The Labute approximate surface area is 175 Å². The SMILES string of the molecule is Cc1ccc(S(=O)(=O)Nc2ccc(Cl)c(C(=O)N[C@@H](C)c3ccccc3)c2)cc1. The first-order chi connectivity index (χ1) is 13.8. The normalized spacial score (nSPS) is 12.2. The second-order valence-corrected chi connectivity index (χ2v) is 8.81. The molecule has 0 bridgehead atoms. The van der Waals surface area contributed by atoms with E-state index in [0.29, 0.717) is 0 Å². The molecule has 29 heavy (non-hydrogen) atoms. The zero-order valence-corrected chi connectivity index (χ0v) is 17.6. The molecule has 0 fully saturated rings. The zero-order chi connectivity index (χ0) is 21.0. The summed E-state index contributed by atoms with van der Waals surface area (Å²) in [5, 5.41) is 3.12. The van der Waals surface area contributed by atoms with Crippen LogP contribution in [0.15, 0.2) is 77.7 Å². The van der Waals surface area contributed by atoms with Crippen LogP contribution in [-0.4, -0.2) is 14.3 Å². The van der Waals surface area contributed by atoms with Gasteiger partial charge in [0.25, 0.3) is 15.9 Å². The fourth-order valence-corrected chi connectivity index (χ4v) is 4.05. The number of hydrogen-bond acceptors (Lipinski definition) is 3. The molecular formula is C22H21ClN2O3S. The van der Waals surface area contributed by atoms with Crippen LogP contribution in [-0.2, 0) is 10.0 Å². The summed E-state index contributed by atoms with van der Waals surface area (Å²) in [6, 6.07) is 20.2. The second-order valence-electron chi connectivity index (χ2n) is 6.72. The molecule has 0 unspecified atom stereocenters. The lowest BCUT2D eigenvalue weighted by Crippen LogP contribution is -2.27. The number of aryl methyl sites for hydroxylation is 1. The van der Waals surface area contributed by atoms with E-state index < -0.39 is 10.0 Å². The van der Waals surface area contributed by atoms with Gasteiger partial charge in [0.05, 0.1) is 21.5 Å². The fourth-order valence-electron chi connectivity index (χ4n) is 2.79. The molecule has 0 spiro atoms. The highest BCUT2D eigenvalue weighted by Crippen LogP contribution is 2.24. The lowest BCUT2D eigenvalue weighted by Gasteiger charge is -2.16. The minimum absolute atomic E-state index is 0.141. The quantitative estimate of drug-likeness (QED) is 0.583. The number of halogens is 1. The maximum Gasteiger partial charge on any atom is 0.261 e. The van der Waals surface area contributed by atoms with Gasteiger partial charge in [0.2, 0.25) is 0 Å². The van der Waals surface area contributed by atoms with Gasteiger partial charge in [0, 0.05) is 5.69 Å². The van der Waals surface area contributed by atoms with Crippen LogP contribution in [0.4, 0.5) is 5.69 Å². The van der Waals surface area contributed by atoms with E-state index in [2.05, 4.69) is 10.0 Å². The van der Waals surface area contributed by atoms with Crippen LogP contribution in [0, 0.1) is 6.92 Å². The van der Waals surface area contributed by atoms with Crippen LogP contribution in [0.2, 0.25) is 5.02 Å². The summed E-state index contributed by atoms with van der Waals surface area (Å²) in [6.45, 7) is 3.75. The monoisotopic (exact) mass is 428 g/mol. The van der Waals surface area contributed by atoms with Crippen LogP contribution >= 0.6 is 11.6 Å². The predicted molar refractivity (Wildman–Crippen MR) is 116 cm³/mol. The summed E-state index contributed by atoms with van der Waals surface area (Å²) in [5.41, 5.74) is 2.36. The highest BCUT2D eigenvalue weighted by Gasteiger charge is 2.18. The van der Waals surface area contributed by atoms with Crippen molar-refractivity contribution in [3.8, 4) is 0 Å². The smallest absolute Gasteiger partial charge is 0.261 e. The van der Waals surface area contributed by atoms with Crippen molar-refractivity contribution < 1.29 is 13.2 Å². The van der Waals surface area contributed by atoms with Gasteiger partial charge in [-0.25, -0.2) is 8.42 Å². The molecule has 0 saturated heterocycles. The largest absolute Gasteiger partial charge is 0.345 e. The molecule has 3 aromatic carbocycles. The summed E-state index contributed by atoms with van der Waals surface area (Å²) in [4.78, 5) is 12.8.